The number of hydrogen-bond acceptors (Lipinski definition) is 3. The molecule has 4 aliphatic carbocycles. The lowest BCUT2D eigenvalue weighted by atomic mass is 9.48. The van der Waals surface area contributed by atoms with Crippen LogP contribution in [0, 0.1) is 17.8 Å². The average Bonchev–Trinajstić information content (AvgIpc) is 2.78. The van der Waals surface area contributed by atoms with Crippen LogP contribution in [-0.4, -0.2) is 17.7 Å². The molecule has 2 aromatic rings. The Labute approximate surface area is 202 Å². The first-order valence-electron chi connectivity index (χ1n) is 12.7. The summed E-state index contributed by atoms with van der Waals surface area (Å²) in [6.45, 7) is 3.85. The average molecular weight is 458 g/mol. The molecular weight excluding hydrogens is 422 g/mol. The highest BCUT2D eigenvalue weighted by Crippen LogP contribution is 2.60. The number of ketones is 1. The quantitative estimate of drug-likeness (QED) is 0.391. The Morgan fingerprint density at radius 2 is 1.65 bits per heavy atom. The van der Waals surface area contributed by atoms with E-state index in [9.17, 15) is 9.59 Å². The van der Waals surface area contributed by atoms with Crippen molar-refractivity contribution in [3.8, 4) is 5.75 Å². The van der Waals surface area contributed by atoms with E-state index in [1.807, 2.05) is 38.1 Å². The van der Waals surface area contributed by atoms with E-state index in [4.69, 9.17) is 4.74 Å². The Kier molecular flexibility index (Phi) is 6.33. The highest BCUT2D eigenvalue weighted by molar-refractivity contribution is 5.95. The minimum absolute atomic E-state index is 0.0633. The zero-order valence-electron chi connectivity index (χ0n) is 20.3. The normalized spacial score (nSPS) is 27.3. The lowest BCUT2D eigenvalue weighted by Crippen LogP contribution is -2.48. The van der Waals surface area contributed by atoms with E-state index in [2.05, 4.69) is 17.4 Å². The molecule has 4 nitrogen and oxygen atoms in total. The van der Waals surface area contributed by atoms with Crippen molar-refractivity contribution < 1.29 is 14.3 Å². The number of allylic oxidation sites excluding steroid dienone is 1. The van der Waals surface area contributed by atoms with Crippen LogP contribution in [0.15, 0.2) is 60.9 Å². The molecule has 34 heavy (non-hydrogen) atoms. The van der Waals surface area contributed by atoms with Crippen molar-refractivity contribution in [2.45, 2.75) is 70.3 Å². The van der Waals surface area contributed by atoms with Crippen LogP contribution in [0.4, 0.5) is 0 Å². The van der Waals surface area contributed by atoms with Crippen molar-refractivity contribution in [3.63, 3.8) is 0 Å². The van der Waals surface area contributed by atoms with Crippen molar-refractivity contribution in [2.75, 3.05) is 0 Å². The first kappa shape index (κ1) is 22.9. The third-order valence-corrected chi connectivity index (χ3v) is 7.95. The molecule has 2 aromatic carbocycles. The molecule has 6 rings (SSSR count). The Morgan fingerprint density at radius 3 is 2.26 bits per heavy atom. The summed E-state index contributed by atoms with van der Waals surface area (Å²) in [5.41, 5.74) is 3.24. The summed E-state index contributed by atoms with van der Waals surface area (Å²) in [6, 6.07) is 15.8. The van der Waals surface area contributed by atoms with Gasteiger partial charge in [0.15, 0.2) is 5.78 Å². The molecular formula is C30H35NO3. The Balaban J connectivity index is 1.16. The van der Waals surface area contributed by atoms with Crippen LogP contribution >= 0.6 is 0 Å². The molecule has 0 saturated heterocycles. The van der Waals surface area contributed by atoms with Crippen molar-refractivity contribution in [1.82, 2.24) is 5.32 Å². The Bertz CT molecular complexity index is 1050. The van der Waals surface area contributed by atoms with Gasteiger partial charge in [0.1, 0.15) is 5.75 Å². The smallest absolute Gasteiger partial charge is 0.251 e. The molecule has 1 amide bonds. The second-order valence-corrected chi connectivity index (χ2v) is 11.1. The zero-order valence-corrected chi connectivity index (χ0v) is 20.3. The second kappa shape index (κ2) is 9.40. The van der Waals surface area contributed by atoms with Gasteiger partial charge in [-0.1, -0.05) is 24.3 Å². The molecule has 0 unspecified atom stereocenters. The fourth-order valence-corrected chi connectivity index (χ4v) is 6.97. The van der Waals surface area contributed by atoms with Crippen molar-refractivity contribution in [2.24, 2.45) is 17.8 Å². The van der Waals surface area contributed by atoms with Gasteiger partial charge >= 0.3 is 0 Å². The molecule has 0 radical (unpaired) electrons. The van der Waals surface area contributed by atoms with Gasteiger partial charge in [-0.15, -0.1) is 0 Å². The van der Waals surface area contributed by atoms with E-state index in [0.29, 0.717) is 11.0 Å². The maximum Gasteiger partial charge on any atom is 0.251 e. The molecule has 4 heteroatoms. The summed E-state index contributed by atoms with van der Waals surface area (Å²) in [6.07, 6.45) is 11.6. The van der Waals surface area contributed by atoms with Gasteiger partial charge in [-0.05, 0) is 111 Å². The van der Waals surface area contributed by atoms with Gasteiger partial charge in [0.2, 0.25) is 0 Å². The molecule has 0 aromatic heterocycles. The van der Waals surface area contributed by atoms with Gasteiger partial charge < -0.3 is 10.1 Å². The summed E-state index contributed by atoms with van der Waals surface area (Å²) >= 11 is 0. The molecule has 0 heterocycles. The summed E-state index contributed by atoms with van der Waals surface area (Å²) < 4.78 is 5.73. The van der Waals surface area contributed by atoms with Crippen LogP contribution in [0.5, 0.6) is 5.75 Å². The van der Waals surface area contributed by atoms with E-state index in [1.54, 1.807) is 12.1 Å². The SMILES string of the molecule is CC(C)NC(=O)c1cccc(CC(=O)/C=C/Oc2ccc(C34CC5CC(CC(C5)C3)C4)cc2)c1. The number of carbonyl (C=O) groups excluding carboxylic acids is 2. The van der Waals surface area contributed by atoms with Gasteiger partial charge in [-0.25, -0.2) is 0 Å². The number of rotatable bonds is 8. The molecule has 0 spiro atoms. The highest BCUT2D eigenvalue weighted by Gasteiger charge is 2.51. The zero-order chi connectivity index (χ0) is 23.7. The predicted octanol–water partition coefficient (Wildman–Crippen LogP) is 6.00. The number of ether oxygens (including phenoxy) is 1. The maximum atomic E-state index is 12.4. The van der Waals surface area contributed by atoms with Crippen LogP contribution < -0.4 is 10.1 Å². The molecule has 0 atom stereocenters. The number of hydrogen-bond donors (Lipinski definition) is 1. The first-order valence-corrected chi connectivity index (χ1v) is 12.7. The second-order valence-electron chi connectivity index (χ2n) is 11.1. The molecule has 4 saturated carbocycles. The molecule has 4 fully saturated rings. The minimum atomic E-state index is -0.125. The van der Waals surface area contributed by atoms with Gasteiger partial charge in [0, 0.05) is 24.1 Å². The van der Waals surface area contributed by atoms with Gasteiger partial charge in [-0.2, -0.15) is 0 Å². The van der Waals surface area contributed by atoms with Crippen LogP contribution in [0.1, 0.15) is 73.9 Å². The largest absolute Gasteiger partial charge is 0.465 e. The van der Waals surface area contributed by atoms with E-state index in [-0.39, 0.29) is 24.2 Å². The fourth-order valence-electron chi connectivity index (χ4n) is 6.97. The predicted molar refractivity (Wildman–Crippen MR) is 134 cm³/mol. The van der Waals surface area contributed by atoms with Gasteiger partial charge in [0.25, 0.3) is 5.91 Å². The van der Waals surface area contributed by atoms with Crippen LogP contribution in [0.3, 0.4) is 0 Å². The molecule has 1 N–H and O–H groups in total. The van der Waals surface area contributed by atoms with Crippen molar-refractivity contribution >= 4 is 11.7 Å². The minimum Gasteiger partial charge on any atom is -0.465 e. The van der Waals surface area contributed by atoms with E-state index in [0.717, 1.165) is 29.1 Å². The summed E-state index contributed by atoms with van der Waals surface area (Å²) in [5.74, 6) is 3.36. The van der Waals surface area contributed by atoms with E-state index < -0.39 is 0 Å². The van der Waals surface area contributed by atoms with Crippen LogP contribution in [0.25, 0.3) is 0 Å². The Morgan fingerprint density at radius 1 is 1.00 bits per heavy atom. The summed E-state index contributed by atoms with van der Waals surface area (Å²) in [7, 11) is 0. The third-order valence-electron chi connectivity index (χ3n) is 7.95. The lowest BCUT2D eigenvalue weighted by molar-refractivity contribution is -0.114. The highest BCUT2D eigenvalue weighted by atomic mass is 16.5. The van der Waals surface area contributed by atoms with Gasteiger partial charge in [0.05, 0.1) is 6.26 Å². The fraction of sp³-hybridized carbons (Fsp3) is 0.467. The lowest BCUT2D eigenvalue weighted by Gasteiger charge is -2.57. The summed E-state index contributed by atoms with van der Waals surface area (Å²) in [5, 5.41) is 2.87. The third kappa shape index (κ3) is 4.96. The van der Waals surface area contributed by atoms with Crippen LogP contribution in [-0.2, 0) is 16.6 Å². The van der Waals surface area contributed by atoms with Crippen molar-refractivity contribution in [1.29, 1.82) is 0 Å². The Hall–Kier alpha value is -2.88. The molecule has 0 aliphatic heterocycles. The number of benzene rings is 2. The molecule has 4 aliphatic rings. The maximum absolute atomic E-state index is 12.4. The number of amides is 1. The first-order chi connectivity index (χ1) is 16.4. The standard InChI is InChI=1S/C30H35NO3/c1-20(2)31-29(33)25-5-3-4-21(15-25)16-27(32)10-11-34-28-8-6-26(7-9-28)30-17-22-12-23(18-30)14-24(13-22)19-30/h3-11,15,20,22-24H,12-14,16-19H2,1-2H3,(H,31,33)/b11-10+. The van der Waals surface area contributed by atoms with E-state index >= 15 is 0 Å². The number of carbonyl (C=O) groups is 2. The molecule has 4 bridgehead atoms. The van der Waals surface area contributed by atoms with E-state index in [1.165, 1.54) is 56.4 Å². The monoisotopic (exact) mass is 457 g/mol. The van der Waals surface area contributed by atoms with Crippen LogP contribution in [0.2, 0.25) is 0 Å². The van der Waals surface area contributed by atoms with Crippen molar-refractivity contribution in [3.05, 3.63) is 77.6 Å². The van der Waals surface area contributed by atoms with Gasteiger partial charge in [-0.3, -0.25) is 9.59 Å². The number of nitrogens with one attached hydrogen (secondary N) is 1. The topological polar surface area (TPSA) is 55.4 Å². The molecule has 178 valence electrons. The summed E-state index contributed by atoms with van der Waals surface area (Å²) in [4.78, 5) is 24.6.